The topological polar surface area (TPSA) is 43.4 Å². The van der Waals surface area contributed by atoms with Crippen LogP contribution in [0.15, 0.2) is 12.2 Å². The van der Waals surface area contributed by atoms with Crippen LogP contribution in [0.2, 0.25) is 19.6 Å². The molecule has 0 heterocycles. The number of rotatable bonds is 9. The largest absolute Gasteiger partial charge is 0.469 e. The second-order valence-corrected chi connectivity index (χ2v) is 10.9. The van der Waals surface area contributed by atoms with Crippen molar-refractivity contribution in [1.29, 1.82) is 0 Å². The van der Waals surface area contributed by atoms with E-state index in [-0.39, 0.29) is 11.8 Å². The van der Waals surface area contributed by atoms with Crippen molar-refractivity contribution in [1.82, 2.24) is 0 Å². The first-order valence-electron chi connectivity index (χ1n) is 7.65. The fourth-order valence-corrected chi connectivity index (χ4v) is 2.14. The standard InChI is InChI=1S/C17H28O3Si/c1-20-17(19)13-11-9-7-5-6-8-10-12-16(18)14-15-21(2,3)4/h10,12H,5-9,11,13H2,1-4H3/b12-10-. The van der Waals surface area contributed by atoms with Crippen LogP contribution in [-0.4, -0.2) is 26.9 Å². The first kappa shape index (κ1) is 19.7. The van der Waals surface area contributed by atoms with Gasteiger partial charge in [-0.15, -0.1) is 5.54 Å². The van der Waals surface area contributed by atoms with Crippen LogP contribution in [0.4, 0.5) is 0 Å². The summed E-state index contributed by atoms with van der Waals surface area (Å²) < 4.78 is 4.58. The summed E-state index contributed by atoms with van der Waals surface area (Å²) in [5.41, 5.74) is 3.06. The Morgan fingerprint density at radius 3 is 2.29 bits per heavy atom. The molecule has 0 radical (unpaired) electrons. The molecule has 118 valence electrons. The average Bonchev–Trinajstić information content (AvgIpc) is 2.42. The van der Waals surface area contributed by atoms with Gasteiger partial charge in [-0.2, -0.15) is 0 Å². The van der Waals surface area contributed by atoms with Gasteiger partial charge in [-0.25, -0.2) is 0 Å². The molecule has 0 unspecified atom stereocenters. The molecule has 0 saturated carbocycles. The highest BCUT2D eigenvalue weighted by Crippen LogP contribution is 2.08. The molecule has 0 spiro atoms. The molecular weight excluding hydrogens is 280 g/mol. The fourth-order valence-electron chi connectivity index (χ4n) is 1.65. The Morgan fingerprint density at radius 2 is 1.67 bits per heavy atom. The zero-order valence-corrected chi connectivity index (χ0v) is 14.8. The number of unbranched alkanes of at least 4 members (excludes halogenated alkanes) is 5. The Kier molecular flexibility index (Phi) is 10.6. The van der Waals surface area contributed by atoms with Gasteiger partial charge in [0.25, 0.3) is 0 Å². The molecule has 0 aromatic carbocycles. The molecule has 0 amide bonds. The van der Waals surface area contributed by atoms with E-state index in [1.165, 1.54) is 7.11 Å². The van der Waals surface area contributed by atoms with Crippen LogP contribution < -0.4 is 0 Å². The second-order valence-electron chi connectivity index (χ2n) is 6.15. The van der Waals surface area contributed by atoms with Gasteiger partial charge < -0.3 is 4.74 Å². The van der Waals surface area contributed by atoms with Crippen molar-refractivity contribution >= 4 is 19.8 Å². The minimum atomic E-state index is -1.45. The van der Waals surface area contributed by atoms with E-state index in [9.17, 15) is 9.59 Å². The number of hydrogen-bond donors (Lipinski definition) is 0. The van der Waals surface area contributed by atoms with Crippen molar-refractivity contribution in [2.45, 2.75) is 64.6 Å². The summed E-state index contributed by atoms with van der Waals surface area (Å²) in [6, 6.07) is 0. The molecule has 0 saturated heterocycles. The van der Waals surface area contributed by atoms with Crippen LogP contribution in [0.1, 0.15) is 44.9 Å². The Balaban J connectivity index is 3.58. The number of methoxy groups -OCH3 is 1. The van der Waals surface area contributed by atoms with Crippen LogP contribution >= 0.6 is 0 Å². The first-order valence-corrected chi connectivity index (χ1v) is 11.2. The van der Waals surface area contributed by atoms with E-state index in [0.717, 1.165) is 38.5 Å². The lowest BCUT2D eigenvalue weighted by Gasteiger charge is -2.02. The summed E-state index contributed by atoms with van der Waals surface area (Å²) in [4.78, 5) is 22.4. The fraction of sp³-hybridized carbons (Fsp3) is 0.647. The first-order chi connectivity index (χ1) is 9.85. The highest BCUT2D eigenvalue weighted by molar-refractivity contribution is 6.84. The maximum Gasteiger partial charge on any atom is 0.305 e. The van der Waals surface area contributed by atoms with Gasteiger partial charge in [-0.05, 0) is 31.3 Å². The van der Waals surface area contributed by atoms with Crippen molar-refractivity contribution in [2.24, 2.45) is 0 Å². The van der Waals surface area contributed by atoms with E-state index < -0.39 is 8.07 Å². The monoisotopic (exact) mass is 308 g/mol. The van der Waals surface area contributed by atoms with Crippen LogP contribution in [0.3, 0.4) is 0 Å². The summed E-state index contributed by atoms with van der Waals surface area (Å²) >= 11 is 0. The number of carbonyl (C=O) groups excluding carboxylic acids is 2. The molecular formula is C17H28O3Si. The van der Waals surface area contributed by atoms with Crippen LogP contribution in [0.5, 0.6) is 0 Å². The molecule has 0 aliphatic rings. The zero-order valence-electron chi connectivity index (χ0n) is 13.8. The highest BCUT2D eigenvalue weighted by Gasteiger charge is 2.07. The van der Waals surface area contributed by atoms with Crippen LogP contribution in [0.25, 0.3) is 0 Å². The summed E-state index contributed by atoms with van der Waals surface area (Å²) in [6.07, 6.45) is 10.2. The zero-order chi connectivity index (χ0) is 16.1. The third-order valence-electron chi connectivity index (χ3n) is 2.81. The number of allylic oxidation sites excluding steroid dienone is 2. The molecule has 4 heteroatoms. The van der Waals surface area contributed by atoms with E-state index >= 15 is 0 Å². The van der Waals surface area contributed by atoms with Gasteiger partial charge in [0.15, 0.2) is 0 Å². The molecule has 0 N–H and O–H groups in total. The maximum absolute atomic E-state index is 11.5. The van der Waals surface area contributed by atoms with Crippen molar-refractivity contribution in [3.8, 4) is 11.5 Å². The Hall–Kier alpha value is -1.34. The Morgan fingerprint density at radius 1 is 1.05 bits per heavy atom. The van der Waals surface area contributed by atoms with Gasteiger partial charge in [0.1, 0.15) is 8.07 Å². The molecule has 0 rings (SSSR count). The molecule has 0 aromatic rings. The van der Waals surface area contributed by atoms with Gasteiger partial charge in [0, 0.05) is 6.42 Å². The smallest absolute Gasteiger partial charge is 0.305 e. The number of esters is 1. The normalized spacial score (nSPS) is 11.0. The van der Waals surface area contributed by atoms with Crippen LogP contribution in [-0.2, 0) is 14.3 Å². The van der Waals surface area contributed by atoms with E-state index in [2.05, 4.69) is 35.8 Å². The molecule has 0 aliphatic heterocycles. The molecule has 0 aromatic heterocycles. The lowest BCUT2D eigenvalue weighted by atomic mass is 10.1. The number of ether oxygens (including phenoxy) is 1. The SMILES string of the molecule is COC(=O)CCCCCCC/C=C\C(=O)C#C[Si](C)(C)C. The average molecular weight is 308 g/mol. The van der Waals surface area contributed by atoms with Gasteiger partial charge in [0.05, 0.1) is 7.11 Å². The number of ketones is 1. The number of carbonyl (C=O) groups is 2. The van der Waals surface area contributed by atoms with Gasteiger partial charge in [0.2, 0.25) is 5.78 Å². The quantitative estimate of drug-likeness (QED) is 0.213. The minimum absolute atomic E-state index is 0.0875. The van der Waals surface area contributed by atoms with E-state index in [1.807, 2.05) is 6.08 Å². The molecule has 0 aliphatic carbocycles. The molecule has 0 fully saturated rings. The second kappa shape index (κ2) is 11.3. The lowest BCUT2D eigenvalue weighted by Crippen LogP contribution is -2.16. The van der Waals surface area contributed by atoms with E-state index in [1.54, 1.807) is 6.08 Å². The van der Waals surface area contributed by atoms with Crippen molar-refractivity contribution in [3.63, 3.8) is 0 Å². The maximum atomic E-state index is 11.5. The van der Waals surface area contributed by atoms with Crippen molar-refractivity contribution < 1.29 is 14.3 Å². The Labute approximate surface area is 130 Å². The predicted molar refractivity (Wildman–Crippen MR) is 89.6 cm³/mol. The van der Waals surface area contributed by atoms with Gasteiger partial charge in [-0.1, -0.05) is 45.0 Å². The van der Waals surface area contributed by atoms with E-state index in [4.69, 9.17) is 0 Å². The molecule has 0 atom stereocenters. The van der Waals surface area contributed by atoms with Gasteiger partial charge in [-0.3, -0.25) is 9.59 Å². The summed E-state index contributed by atoms with van der Waals surface area (Å²) in [5, 5.41) is 0. The predicted octanol–water partition coefficient (Wildman–Crippen LogP) is 3.90. The summed E-state index contributed by atoms with van der Waals surface area (Å²) in [6.45, 7) is 6.37. The highest BCUT2D eigenvalue weighted by atomic mass is 28.3. The van der Waals surface area contributed by atoms with Gasteiger partial charge >= 0.3 is 5.97 Å². The van der Waals surface area contributed by atoms with Crippen molar-refractivity contribution in [2.75, 3.05) is 7.11 Å². The summed E-state index contributed by atoms with van der Waals surface area (Å²) in [5.74, 6) is 2.48. The molecule has 3 nitrogen and oxygen atoms in total. The minimum Gasteiger partial charge on any atom is -0.469 e. The van der Waals surface area contributed by atoms with Crippen LogP contribution in [0, 0.1) is 11.5 Å². The van der Waals surface area contributed by atoms with Crippen molar-refractivity contribution in [3.05, 3.63) is 12.2 Å². The summed E-state index contributed by atoms with van der Waals surface area (Å²) in [7, 11) is -0.0321. The third kappa shape index (κ3) is 14.9. The Bertz CT molecular complexity index is 408. The third-order valence-corrected chi connectivity index (χ3v) is 3.68. The lowest BCUT2D eigenvalue weighted by molar-refractivity contribution is -0.140. The number of hydrogen-bond acceptors (Lipinski definition) is 3. The molecule has 21 heavy (non-hydrogen) atoms. The van der Waals surface area contributed by atoms with E-state index in [0.29, 0.717) is 6.42 Å². The molecule has 0 bridgehead atoms.